The van der Waals surface area contributed by atoms with E-state index in [4.69, 9.17) is 16.3 Å². The lowest BCUT2D eigenvalue weighted by Gasteiger charge is -2.35. The summed E-state index contributed by atoms with van der Waals surface area (Å²) >= 11 is 6.22. The summed E-state index contributed by atoms with van der Waals surface area (Å²) in [6.45, 7) is 4.62. The van der Waals surface area contributed by atoms with Crippen LogP contribution in [0, 0.1) is 6.92 Å². The fraction of sp³-hybridized carbons (Fsp3) is 0.409. The summed E-state index contributed by atoms with van der Waals surface area (Å²) < 4.78 is 5.28. The molecule has 27 heavy (non-hydrogen) atoms. The molecule has 1 heterocycles. The zero-order chi connectivity index (χ0) is 19.2. The number of piperidine rings is 1. The maximum atomic E-state index is 12.7. The number of nitrogens with zero attached hydrogens (tertiary/aromatic N) is 1. The summed E-state index contributed by atoms with van der Waals surface area (Å²) in [6, 6.07) is 13.8. The Morgan fingerprint density at radius 1 is 1.15 bits per heavy atom. The molecule has 1 saturated heterocycles. The summed E-state index contributed by atoms with van der Waals surface area (Å²) in [5.41, 5.74) is 2.74. The van der Waals surface area contributed by atoms with Crippen LogP contribution in [0.2, 0.25) is 5.02 Å². The van der Waals surface area contributed by atoms with Crippen LogP contribution in [0.3, 0.4) is 0 Å². The van der Waals surface area contributed by atoms with Gasteiger partial charge in [-0.05, 0) is 62.7 Å². The van der Waals surface area contributed by atoms with Crippen molar-refractivity contribution in [2.45, 2.75) is 32.2 Å². The SMILES string of the molecule is COc1ccc(C(CNC(=O)c2cc(C)ccc2Cl)N2CCCCC2)cc1. The van der Waals surface area contributed by atoms with Gasteiger partial charge in [0.2, 0.25) is 0 Å². The molecule has 1 atom stereocenters. The van der Waals surface area contributed by atoms with E-state index < -0.39 is 0 Å². The van der Waals surface area contributed by atoms with Gasteiger partial charge in [0.05, 0.1) is 23.7 Å². The first-order chi connectivity index (χ1) is 13.1. The highest BCUT2D eigenvalue weighted by atomic mass is 35.5. The van der Waals surface area contributed by atoms with Gasteiger partial charge in [0.25, 0.3) is 5.91 Å². The first-order valence-corrected chi connectivity index (χ1v) is 9.88. The first-order valence-electron chi connectivity index (χ1n) is 9.51. The van der Waals surface area contributed by atoms with Crippen molar-refractivity contribution >= 4 is 17.5 Å². The standard InChI is InChI=1S/C22H27ClN2O2/c1-16-6-11-20(23)19(14-16)22(26)24-15-21(25-12-4-3-5-13-25)17-7-9-18(27-2)10-8-17/h6-11,14,21H,3-5,12-13,15H2,1-2H3,(H,24,26). The van der Waals surface area contributed by atoms with E-state index in [0.717, 1.165) is 24.4 Å². The first kappa shape index (κ1) is 19.7. The van der Waals surface area contributed by atoms with E-state index in [2.05, 4.69) is 22.3 Å². The number of carbonyl (C=O) groups excluding carboxylic acids is 1. The largest absolute Gasteiger partial charge is 0.497 e. The fourth-order valence-electron chi connectivity index (χ4n) is 3.61. The zero-order valence-electron chi connectivity index (χ0n) is 16.0. The molecule has 1 amide bonds. The molecular formula is C22H27ClN2O2. The van der Waals surface area contributed by atoms with Crippen LogP contribution in [0.25, 0.3) is 0 Å². The maximum absolute atomic E-state index is 12.7. The number of likely N-dealkylation sites (tertiary alicyclic amines) is 1. The van der Waals surface area contributed by atoms with Crippen LogP contribution in [0.4, 0.5) is 0 Å². The summed E-state index contributed by atoms with van der Waals surface area (Å²) in [7, 11) is 1.67. The lowest BCUT2D eigenvalue weighted by molar-refractivity contribution is 0.0924. The minimum absolute atomic E-state index is 0.126. The molecule has 1 aliphatic heterocycles. The normalized spacial score (nSPS) is 16.0. The minimum atomic E-state index is -0.126. The molecule has 1 fully saturated rings. The molecule has 0 aliphatic carbocycles. The summed E-state index contributed by atoms with van der Waals surface area (Å²) in [5, 5.41) is 3.58. The van der Waals surface area contributed by atoms with Crippen molar-refractivity contribution in [3.05, 3.63) is 64.2 Å². The van der Waals surface area contributed by atoms with E-state index >= 15 is 0 Å². The average Bonchev–Trinajstić information content (AvgIpc) is 2.71. The van der Waals surface area contributed by atoms with Crippen molar-refractivity contribution in [1.82, 2.24) is 10.2 Å². The summed E-state index contributed by atoms with van der Waals surface area (Å²) in [6.07, 6.45) is 3.67. The van der Waals surface area contributed by atoms with E-state index in [1.807, 2.05) is 31.2 Å². The summed E-state index contributed by atoms with van der Waals surface area (Å²) in [5.74, 6) is 0.714. The van der Waals surface area contributed by atoms with Gasteiger partial charge in [0.1, 0.15) is 5.75 Å². The number of halogens is 1. The maximum Gasteiger partial charge on any atom is 0.252 e. The molecule has 3 rings (SSSR count). The number of ether oxygens (including phenoxy) is 1. The Bertz CT molecular complexity index is 770. The van der Waals surface area contributed by atoms with Crippen molar-refractivity contribution in [2.24, 2.45) is 0 Å². The fourth-order valence-corrected chi connectivity index (χ4v) is 3.81. The van der Waals surface area contributed by atoms with Crippen molar-refractivity contribution < 1.29 is 9.53 Å². The quantitative estimate of drug-likeness (QED) is 0.787. The van der Waals surface area contributed by atoms with Gasteiger partial charge in [-0.1, -0.05) is 41.8 Å². The second kappa shape index (κ2) is 9.25. The average molecular weight is 387 g/mol. The van der Waals surface area contributed by atoms with Crippen LogP contribution < -0.4 is 10.1 Å². The van der Waals surface area contributed by atoms with Gasteiger partial charge in [0.15, 0.2) is 0 Å². The van der Waals surface area contributed by atoms with E-state index in [9.17, 15) is 4.79 Å². The molecule has 1 N–H and O–H groups in total. The predicted molar refractivity (Wildman–Crippen MR) is 110 cm³/mol. The number of carbonyl (C=O) groups is 1. The van der Waals surface area contributed by atoms with E-state index in [0.29, 0.717) is 17.1 Å². The molecule has 2 aromatic rings. The lowest BCUT2D eigenvalue weighted by atomic mass is 10.0. The van der Waals surface area contributed by atoms with Gasteiger partial charge in [0, 0.05) is 6.54 Å². The molecule has 1 aliphatic rings. The van der Waals surface area contributed by atoms with Gasteiger partial charge in [-0.25, -0.2) is 0 Å². The Labute approximate surface area is 166 Å². The van der Waals surface area contributed by atoms with Crippen LogP contribution in [0.15, 0.2) is 42.5 Å². The third-order valence-corrected chi connectivity index (χ3v) is 5.48. The molecule has 0 bridgehead atoms. The number of nitrogens with one attached hydrogen (secondary N) is 1. The highest BCUT2D eigenvalue weighted by Crippen LogP contribution is 2.26. The van der Waals surface area contributed by atoms with Crippen molar-refractivity contribution in [1.29, 1.82) is 0 Å². The van der Waals surface area contributed by atoms with Crippen molar-refractivity contribution in [3.63, 3.8) is 0 Å². The molecule has 0 saturated carbocycles. The molecule has 0 radical (unpaired) electrons. The molecule has 1 unspecified atom stereocenters. The number of aryl methyl sites for hydroxylation is 1. The van der Waals surface area contributed by atoms with Gasteiger partial charge in [-0.2, -0.15) is 0 Å². The van der Waals surface area contributed by atoms with Crippen molar-refractivity contribution in [2.75, 3.05) is 26.7 Å². The number of methoxy groups -OCH3 is 1. The second-order valence-electron chi connectivity index (χ2n) is 7.08. The highest BCUT2D eigenvalue weighted by Gasteiger charge is 2.23. The van der Waals surface area contributed by atoms with Gasteiger partial charge >= 0.3 is 0 Å². The van der Waals surface area contributed by atoms with Crippen LogP contribution in [-0.4, -0.2) is 37.6 Å². The van der Waals surface area contributed by atoms with Crippen LogP contribution in [-0.2, 0) is 0 Å². The van der Waals surface area contributed by atoms with E-state index in [1.54, 1.807) is 13.2 Å². The number of hydrogen-bond donors (Lipinski definition) is 1. The zero-order valence-corrected chi connectivity index (χ0v) is 16.8. The number of rotatable bonds is 6. The predicted octanol–water partition coefficient (Wildman–Crippen LogP) is 4.61. The third kappa shape index (κ3) is 5.02. The monoisotopic (exact) mass is 386 g/mol. The lowest BCUT2D eigenvalue weighted by Crippen LogP contribution is -2.40. The number of amides is 1. The summed E-state index contributed by atoms with van der Waals surface area (Å²) in [4.78, 5) is 15.2. The molecule has 2 aromatic carbocycles. The molecule has 144 valence electrons. The highest BCUT2D eigenvalue weighted by molar-refractivity contribution is 6.33. The Morgan fingerprint density at radius 3 is 2.52 bits per heavy atom. The smallest absolute Gasteiger partial charge is 0.252 e. The Morgan fingerprint density at radius 2 is 1.85 bits per heavy atom. The number of hydrogen-bond acceptors (Lipinski definition) is 3. The molecule has 4 nitrogen and oxygen atoms in total. The van der Waals surface area contributed by atoms with E-state index in [1.165, 1.54) is 24.8 Å². The Kier molecular flexibility index (Phi) is 6.75. The molecule has 0 aromatic heterocycles. The van der Waals surface area contributed by atoms with Crippen LogP contribution in [0.1, 0.15) is 46.8 Å². The topological polar surface area (TPSA) is 41.6 Å². The molecular weight excluding hydrogens is 360 g/mol. The molecule has 5 heteroatoms. The Hall–Kier alpha value is -2.04. The van der Waals surface area contributed by atoms with Gasteiger partial charge in [-0.15, -0.1) is 0 Å². The van der Waals surface area contributed by atoms with Crippen LogP contribution in [0.5, 0.6) is 5.75 Å². The minimum Gasteiger partial charge on any atom is -0.497 e. The van der Waals surface area contributed by atoms with Crippen molar-refractivity contribution in [3.8, 4) is 5.75 Å². The van der Waals surface area contributed by atoms with Crippen LogP contribution >= 0.6 is 11.6 Å². The second-order valence-corrected chi connectivity index (χ2v) is 7.49. The van der Waals surface area contributed by atoms with E-state index in [-0.39, 0.29) is 11.9 Å². The Balaban J connectivity index is 1.76. The van der Waals surface area contributed by atoms with Gasteiger partial charge in [-0.3, -0.25) is 9.69 Å². The van der Waals surface area contributed by atoms with Gasteiger partial charge < -0.3 is 10.1 Å². The number of benzene rings is 2. The third-order valence-electron chi connectivity index (χ3n) is 5.15. The molecule has 0 spiro atoms.